The molecule has 1 aromatic heterocycles. The lowest BCUT2D eigenvalue weighted by Crippen LogP contribution is -2.30. The third-order valence-corrected chi connectivity index (χ3v) is 6.47. The number of hydrogen-bond acceptors (Lipinski definition) is 6. The van der Waals surface area contributed by atoms with Gasteiger partial charge in [-0.2, -0.15) is 0 Å². The number of hydrogen-bond donors (Lipinski definition) is 0. The van der Waals surface area contributed by atoms with Crippen LogP contribution in [0.15, 0.2) is 60.4 Å². The fourth-order valence-corrected chi connectivity index (χ4v) is 4.71. The number of nitrogens with zero attached hydrogens (tertiary/aromatic N) is 3. The fraction of sp³-hybridized carbons (Fsp3) is 0.320. The van der Waals surface area contributed by atoms with Crippen LogP contribution >= 0.6 is 11.6 Å². The van der Waals surface area contributed by atoms with Crippen LogP contribution in [0.5, 0.6) is 11.5 Å². The van der Waals surface area contributed by atoms with Crippen LogP contribution in [0.4, 0.5) is 4.79 Å². The molecule has 0 radical (unpaired) electrons. The quantitative estimate of drug-likeness (QED) is 0.381. The maximum atomic E-state index is 12.5. The molecule has 1 amide bonds. The fourth-order valence-electron chi connectivity index (χ4n) is 4.52. The minimum atomic E-state index is -0.261. The largest absolute Gasteiger partial charge is 0.493 e. The standard InChI is InChI=1S/C25H24ClN3O4/c1-31-22-9-20-21(27-15-28-24(20)26)10-23(22)32-14-17-7-18-11-29(12-19(18)8-17)25(30)33-13-16-5-3-2-4-6-16/h2-7,9-10,15,17,19H,8,11-14H2,1H3. The SMILES string of the molecule is COc1cc2c(Cl)ncnc2cc1OCC1C=C2CN(C(=O)OCc3ccccc3)CC2C1. The van der Waals surface area contributed by atoms with E-state index in [1.54, 1.807) is 18.1 Å². The van der Waals surface area contributed by atoms with E-state index in [4.69, 9.17) is 25.8 Å². The number of benzene rings is 2. The van der Waals surface area contributed by atoms with Crippen molar-refractivity contribution in [2.45, 2.75) is 13.0 Å². The van der Waals surface area contributed by atoms with Gasteiger partial charge >= 0.3 is 6.09 Å². The van der Waals surface area contributed by atoms with Gasteiger partial charge in [-0.15, -0.1) is 0 Å². The summed E-state index contributed by atoms with van der Waals surface area (Å²) in [4.78, 5) is 22.5. The molecule has 33 heavy (non-hydrogen) atoms. The molecule has 1 fully saturated rings. The van der Waals surface area contributed by atoms with Gasteiger partial charge in [-0.25, -0.2) is 14.8 Å². The van der Waals surface area contributed by atoms with E-state index in [1.807, 2.05) is 36.4 Å². The van der Waals surface area contributed by atoms with Gasteiger partial charge in [0.1, 0.15) is 18.1 Å². The molecule has 3 aromatic rings. The van der Waals surface area contributed by atoms with Gasteiger partial charge in [-0.1, -0.05) is 48.0 Å². The zero-order valence-electron chi connectivity index (χ0n) is 18.2. The molecule has 1 aliphatic carbocycles. The lowest BCUT2D eigenvalue weighted by atomic mass is 10.0. The maximum Gasteiger partial charge on any atom is 0.410 e. The predicted octanol–water partition coefficient (Wildman–Crippen LogP) is 4.89. The first-order valence-electron chi connectivity index (χ1n) is 10.9. The molecule has 2 atom stereocenters. The minimum absolute atomic E-state index is 0.261. The molecule has 1 saturated heterocycles. The molecule has 170 valence electrons. The van der Waals surface area contributed by atoms with E-state index in [1.165, 1.54) is 11.9 Å². The van der Waals surface area contributed by atoms with Crippen molar-refractivity contribution >= 4 is 28.6 Å². The van der Waals surface area contributed by atoms with Crippen molar-refractivity contribution < 1.29 is 19.0 Å². The van der Waals surface area contributed by atoms with Crippen molar-refractivity contribution in [1.82, 2.24) is 14.9 Å². The summed E-state index contributed by atoms with van der Waals surface area (Å²) in [5.41, 5.74) is 2.97. The number of aromatic nitrogens is 2. The molecular formula is C25H24ClN3O4. The summed E-state index contributed by atoms with van der Waals surface area (Å²) >= 11 is 6.17. The Labute approximate surface area is 196 Å². The van der Waals surface area contributed by atoms with Crippen LogP contribution in [0.1, 0.15) is 12.0 Å². The summed E-state index contributed by atoms with van der Waals surface area (Å²) in [5.74, 6) is 1.86. The highest BCUT2D eigenvalue weighted by atomic mass is 35.5. The van der Waals surface area contributed by atoms with Gasteiger partial charge in [-0.05, 0) is 23.6 Å². The molecule has 8 heteroatoms. The molecule has 0 N–H and O–H groups in total. The number of ether oxygens (including phenoxy) is 3. The first-order chi connectivity index (χ1) is 16.1. The van der Waals surface area contributed by atoms with Crippen molar-refractivity contribution in [3.05, 3.63) is 71.2 Å². The van der Waals surface area contributed by atoms with Crippen molar-refractivity contribution in [3.8, 4) is 11.5 Å². The normalized spacial score (nSPS) is 19.3. The van der Waals surface area contributed by atoms with Crippen LogP contribution in [0.2, 0.25) is 5.15 Å². The molecule has 2 heterocycles. The Hall–Kier alpha value is -3.32. The first kappa shape index (κ1) is 21.5. The average molecular weight is 466 g/mol. The van der Waals surface area contributed by atoms with Crippen molar-refractivity contribution in [3.63, 3.8) is 0 Å². The van der Waals surface area contributed by atoms with Crippen molar-refractivity contribution in [1.29, 1.82) is 0 Å². The molecule has 2 unspecified atom stereocenters. The van der Waals surface area contributed by atoms with Gasteiger partial charge in [-0.3, -0.25) is 0 Å². The number of likely N-dealkylation sites (tertiary alicyclic amines) is 1. The van der Waals surface area contributed by atoms with Crippen LogP contribution in [-0.4, -0.2) is 47.8 Å². The van der Waals surface area contributed by atoms with Crippen LogP contribution in [0.3, 0.4) is 0 Å². The molecule has 5 rings (SSSR count). The van der Waals surface area contributed by atoms with E-state index in [0.29, 0.717) is 54.4 Å². The second-order valence-electron chi connectivity index (χ2n) is 8.35. The van der Waals surface area contributed by atoms with Crippen LogP contribution in [0.25, 0.3) is 10.9 Å². The Morgan fingerprint density at radius 2 is 2.03 bits per heavy atom. The highest BCUT2D eigenvalue weighted by molar-refractivity contribution is 6.34. The number of amides is 1. The summed E-state index contributed by atoms with van der Waals surface area (Å²) in [7, 11) is 1.60. The van der Waals surface area contributed by atoms with Crippen molar-refractivity contribution in [2.24, 2.45) is 11.8 Å². The van der Waals surface area contributed by atoms with Gasteiger partial charge in [0, 0.05) is 36.4 Å². The molecule has 0 bridgehead atoms. The lowest BCUT2D eigenvalue weighted by Gasteiger charge is -2.18. The summed E-state index contributed by atoms with van der Waals surface area (Å²) in [6.45, 7) is 2.12. The third-order valence-electron chi connectivity index (χ3n) is 6.16. The molecular weight excluding hydrogens is 442 g/mol. The minimum Gasteiger partial charge on any atom is -0.493 e. The summed E-state index contributed by atoms with van der Waals surface area (Å²) < 4.78 is 17.1. The third kappa shape index (κ3) is 4.59. The summed E-state index contributed by atoms with van der Waals surface area (Å²) in [6.07, 6.45) is 4.35. The van der Waals surface area contributed by atoms with Gasteiger partial charge in [0.05, 0.1) is 19.2 Å². The highest BCUT2D eigenvalue weighted by Gasteiger charge is 2.37. The average Bonchev–Trinajstić information content (AvgIpc) is 3.41. The lowest BCUT2D eigenvalue weighted by molar-refractivity contribution is 0.102. The topological polar surface area (TPSA) is 73.8 Å². The monoisotopic (exact) mass is 465 g/mol. The van der Waals surface area contributed by atoms with Crippen LogP contribution < -0.4 is 9.47 Å². The van der Waals surface area contributed by atoms with Crippen molar-refractivity contribution in [2.75, 3.05) is 26.8 Å². The molecule has 7 nitrogen and oxygen atoms in total. The summed E-state index contributed by atoms with van der Waals surface area (Å²) in [5, 5.41) is 1.10. The highest BCUT2D eigenvalue weighted by Crippen LogP contribution is 2.38. The Balaban J connectivity index is 1.18. The predicted molar refractivity (Wildman–Crippen MR) is 124 cm³/mol. The molecule has 2 aliphatic rings. The van der Waals surface area contributed by atoms with E-state index in [2.05, 4.69) is 16.0 Å². The van der Waals surface area contributed by atoms with Gasteiger partial charge < -0.3 is 19.1 Å². The molecule has 0 saturated carbocycles. The summed E-state index contributed by atoms with van der Waals surface area (Å²) in [6, 6.07) is 13.3. The van der Waals surface area contributed by atoms with Crippen LogP contribution in [0, 0.1) is 11.8 Å². The Kier molecular flexibility index (Phi) is 6.05. The van der Waals surface area contributed by atoms with Gasteiger partial charge in [0.2, 0.25) is 0 Å². The Bertz CT molecular complexity index is 1200. The van der Waals surface area contributed by atoms with Gasteiger partial charge in [0.15, 0.2) is 11.5 Å². The van der Waals surface area contributed by atoms with E-state index >= 15 is 0 Å². The number of carbonyl (C=O) groups excluding carboxylic acids is 1. The second kappa shape index (κ2) is 9.27. The molecule has 0 spiro atoms. The van der Waals surface area contributed by atoms with E-state index in [-0.39, 0.29) is 12.0 Å². The first-order valence-corrected chi connectivity index (χ1v) is 11.3. The van der Waals surface area contributed by atoms with E-state index < -0.39 is 0 Å². The van der Waals surface area contributed by atoms with Crippen LogP contribution in [-0.2, 0) is 11.3 Å². The zero-order valence-corrected chi connectivity index (χ0v) is 19.0. The second-order valence-corrected chi connectivity index (χ2v) is 8.71. The Morgan fingerprint density at radius 3 is 2.82 bits per heavy atom. The zero-order chi connectivity index (χ0) is 22.8. The molecule has 2 aromatic carbocycles. The van der Waals surface area contributed by atoms with E-state index in [9.17, 15) is 4.79 Å². The number of carbonyl (C=O) groups is 1. The van der Waals surface area contributed by atoms with Gasteiger partial charge in [0.25, 0.3) is 0 Å². The number of halogens is 1. The Morgan fingerprint density at radius 1 is 1.18 bits per heavy atom. The maximum absolute atomic E-state index is 12.5. The smallest absolute Gasteiger partial charge is 0.410 e. The van der Waals surface area contributed by atoms with E-state index in [0.717, 1.165) is 17.4 Å². The number of methoxy groups -OCH3 is 1. The number of fused-ring (bicyclic) bond motifs is 2. The molecule has 1 aliphatic heterocycles. The number of rotatable bonds is 6.